The summed E-state index contributed by atoms with van der Waals surface area (Å²) in [5.41, 5.74) is 0. The van der Waals surface area contributed by atoms with Crippen molar-refractivity contribution in [2.45, 2.75) is 27.2 Å². The van der Waals surface area contributed by atoms with Gasteiger partial charge in [0.15, 0.2) is 0 Å². The zero-order valence-electron chi connectivity index (χ0n) is 8.22. The predicted octanol–water partition coefficient (Wildman–Crippen LogP) is 2.91. The first-order valence-corrected chi connectivity index (χ1v) is 2.23. The molecule has 0 aromatic rings. The Kier molecular flexibility index (Phi) is 108. The molecule has 0 aromatic carbocycles. The Balaban J connectivity index is -0.0000000178. The van der Waals surface area contributed by atoms with E-state index in [9.17, 15) is 0 Å². The molecule has 0 aromatic heterocycles. The molecular weight excluding hydrogens is 452 g/mol. The fraction of sp³-hybridized carbons (Fsp3) is 0.571. The van der Waals surface area contributed by atoms with Crippen LogP contribution in [0.15, 0.2) is 0 Å². The molecule has 0 saturated carbocycles. The summed E-state index contributed by atoms with van der Waals surface area (Å²) in [7, 11) is 2.50. The molecule has 0 unspecified atom stereocenters. The summed E-state index contributed by atoms with van der Waals surface area (Å²) in [6, 6.07) is 0. The molecule has 0 aliphatic carbocycles. The molecule has 0 spiro atoms. The van der Waals surface area contributed by atoms with Gasteiger partial charge in [-0.15, -0.1) is 0 Å². The van der Waals surface area contributed by atoms with Gasteiger partial charge in [-0.05, 0) is 1.37 Å². The minimum atomic E-state index is 0. The quantitative estimate of drug-likeness (QED) is 0.515. The van der Waals surface area contributed by atoms with Crippen molar-refractivity contribution in [1.82, 2.24) is 0 Å². The van der Waals surface area contributed by atoms with E-state index in [4.69, 9.17) is 2.74 Å². The van der Waals surface area contributed by atoms with E-state index in [1.807, 2.05) is 13.3 Å². The third-order valence-corrected chi connectivity index (χ3v) is 0.289. The molecule has 0 nitrogen and oxygen atoms in total. The monoisotopic (exact) mass is 473 g/mol. The van der Waals surface area contributed by atoms with Crippen molar-refractivity contribution in [1.29, 1.82) is 0 Å². The van der Waals surface area contributed by atoms with Gasteiger partial charge in [0.2, 0.25) is 0 Å². The standard InChI is InChI=1S/C4H9.C2H5.CH3.2W/c1-3-4-2;1-2;;;/h3H,4H2,1-2H3;1H2,2H3;1H3;;/q3*-1;;+2/i1T;;1T;;. The SMILES string of the molecule is [3H]C[CH-]CC.[3H][CH2-].[CH2-]C.[W+2].[W]. The van der Waals surface area contributed by atoms with Gasteiger partial charge in [-0.3, -0.25) is 0 Å². The van der Waals surface area contributed by atoms with Gasteiger partial charge in [0, 0.05) is 21.1 Å². The van der Waals surface area contributed by atoms with Crippen LogP contribution in [0.2, 0.25) is 0 Å². The van der Waals surface area contributed by atoms with Crippen LogP contribution in [0.25, 0.3) is 0 Å². The number of rotatable bonds is 1. The zero-order chi connectivity index (χ0) is 8.12. The van der Waals surface area contributed by atoms with E-state index in [1.165, 1.54) is 0 Å². The zero-order valence-corrected chi connectivity index (χ0v) is 12.1. The Bertz CT molecular complexity index is 21.9. The molecule has 0 N–H and O–H groups in total. The second-order valence-electron chi connectivity index (χ2n) is 0.697. The van der Waals surface area contributed by atoms with Crippen molar-refractivity contribution in [3.05, 3.63) is 20.7 Å². The molecule has 9 heavy (non-hydrogen) atoms. The maximum absolute atomic E-state index is 6.55. The van der Waals surface area contributed by atoms with Gasteiger partial charge in [0.1, 0.15) is 0 Å². The maximum atomic E-state index is 6.55. The summed E-state index contributed by atoms with van der Waals surface area (Å²) in [5, 5.41) is 0. The Labute approximate surface area is 92.5 Å². The second kappa shape index (κ2) is 57.7. The van der Waals surface area contributed by atoms with Crippen molar-refractivity contribution >= 4 is 0 Å². The van der Waals surface area contributed by atoms with Crippen LogP contribution in [-0.4, -0.2) is 0 Å². The second-order valence-corrected chi connectivity index (χ2v) is 0.697. The number of unbranched alkanes of at least 4 members (excludes halogenated alkanes) is 1. The van der Waals surface area contributed by atoms with Crippen LogP contribution in [-0.2, 0) is 42.1 Å². The molecule has 0 saturated heterocycles. The molecule has 0 fully saturated rings. The van der Waals surface area contributed by atoms with Gasteiger partial charge < -0.3 is 20.7 Å². The average molecular weight is 473 g/mol. The minimum Gasteiger partial charge on any atom is -0.358 e. The number of hydrogen-bond donors (Lipinski definition) is 0. The predicted molar refractivity (Wildman–Crippen MR) is 37.7 cm³/mol. The molecule has 0 bridgehead atoms. The van der Waals surface area contributed by atoms with Gasteiger partial charge in [0.05, 0.1) is 0 Å². The molecule has 2 heteroatoms. The molecule has 0 amide bonds. The topological polar surface area (TPSA) is 0 Å². The van der Waals surface area contributed by atoms with E-state index in [1.54, 1.807) is 6.92 Å². The van der Waals surface area contributed by atoms with E-state index in [0.29, 0.717) is 6.90 Å². The summed E-state index contributed by atoms with van der Waals surface area (Å²) in [6.45, 7) is 7.50. The van der Waals surface area contributed by atoms with Crippen molar-refractivity contribution in [3.8, 4) is 0 Å². The smallest absolute Gasteiger partial charge is 0.358 e. The maximum Gasteiger partial charge on any atom is 2.00 e. The first kappa shape index (κ1) is 16.8. The van der Waals surface area contributed by atoms with E-state index < -0.39 is 0 Å². The summed E-state index contributed by atoms with van der Waals surface area (Å²) in [4.78, 5) is 0. The van der Waals surface area contributed by atoms with Crippen LogP contribution in [0, 0.1) is 20.7 Å². The largest absolute Gasteiger partial charge is 2.00 e. The molecule has 0 radical (unpaired) electrons. The van der Waals surface area contributed by atoms with Crippen LogP contribution in [0.3, 0.4) is 0 Å². The molecule has 0 aliphatic heterocycles. The summed E-state index contributed by atoms with van der Waals surface area (Å²) >= 11 is 0. The normalized spacial score (nSPS) is 6.22. The van der Waals surface area contributed by atoms with Crippen molar-refractivity contribution < 1.29 is 44.9 Å². The van der Waals surface area contributed by atoms with Crippen LogP contribution < -0.4 is 0 Å². The van der Waals surface area contributed by atoms with Crippen LogP contribution in [0.1, 0.15) is 29.9 Å². The minimum absolute atomic E-state index is 0. The summed E-state index contributed by atoms with van der Waals surface area (Å²) in [5.74, 6) is 0. The average Bonchev–Trinajstić information content (AvgIpc) is 1.98. The van der Waals surface area contributed by atoms with E-state index in [2.05, 4.69) is 14.3 Å². The van der Waals surface area contributed by atoms with Gasteiger partial charge in [0.25, 0.3) is 0 Å². The van der Waals surface area contributed by atoms with Crippen LogP contribution >= 0.6 is 0 Å². The first-order valence-electron chi connectivity index (χ1n) is 3.64. The molecule has 58 valence electrons. The van der Waals surface area contributed by atoms with Crippen LogP contribution in [0.4, 0.5) is 0 Å². The van der Waals surface area contributed by atoms with E-state index >= 15 is 0 Å². The molecular formula is C7H17W2-. The molecule has 0 heterocycles. The van der Waals surface area contributed by atoms with E-state index in [0.717, 1.165) is 6.42 Å². The Morgan fingerprint density at radius 1 is 1.67 bits per heavy atom. The fourth-order valence-corrected chi connectivity index (χ4v) is 0. The van der Waals surface area contributed by atoms with Gasteiger partial charge in [-0.25, -0.2) is 1.37 Å². The summed E-state index contributed by atoms with van der Waals surface area (Å²) in [6.07, 6.45) is 2.95. The van der Waals surface area contributed by atoms with Gasteiger partial charge >= 0.3 is 21.1 Å². The molecule has 0 aliphatic rings. The Morgan fingerprint density at radius 2 is 2.00 bits per heavy atom. The Hall–Kier alpha value is 1.38. The van der Waals surface area contributed by atoms with Crippen LogP contribution in [0.5, 0.6) is 0 Å². The van der Waals surface area contributed by atoms with E-state index in [-0.39, 0.29) is 42.1 Å². The van der Waals surface area contributed by atoms with Crippen molar-refractivity contribution in [3.63, 3.8) is 0 Å². The van der Waals surface area contributed by atoms with Crippen molar-refractivity contribution in [2.24, 2.45) is 0 Å². The molecule has 0 atom stereocenters. The summed E-state index contributed by atoms with van der Waals surface area (Å²) < 4.78 is 12.0. The number of hydrogen-bond acceptors (Lipinski definition) is 0. The Morgan fingerprint density at radius 3 is 2.00 bits per heavy atom. The third kappa shape index (κ3) is 90.3. The van der Waals surface area contributed by atoms with Gasteiger partial charge in [-0.2, -0.15) is 20.2 Å². The van der Waals surface area contributed by atoms with Gasteiger partial charge in [-0.1, -0.05) is 6.92 Å². The molecule has 0 rings (SSSR count). The fourth-order valence-electron chi connectivity index (χ4n) is 0. The third-order valence-electron chi connectivity index (χ3n) is 0.289. The first-order chi connectivity index (χ1) is 4.41. The van der Waals surface area contributed by atoms with Crippen molar-refractivity contribution in [2.75, 3.05) is 0 Å².